The Hall–Kier alpha value is -0.530. The van der Waals surface area contributed by atoms with E-state index in [4.69, 9.17) is 16.3 Å². The van der Waals surface area contributed by atoms with E-state index in [1.165, 1.54) is 16.7 Å². The second kappa shape index (κ2) is 4.38. The van der Waals surface area contributed by atoms with Crippen LogP contribution >= 0.6 is 11.6 Å². The Morgan fingerprint density at radius 2 is 2.00 bits per heavy atom. The number of ether oxygens (including phenoxy) is 1. The van der Waals surface area contributed by atoms with Crippen molar-refractivity contribution in [1.29, 1.82) is 0 Å². The summed E-state index contributed by atoms with van der Waals surface area (Å²) in [6, 6.07) is 6.50. The van der Waals surface area contributed by atoms with Crippen molar-refractivity contribution in [2.24, 2.45) is 5.41 Å². The first-order valence-electron chi connectivity index (χ1n) is 5.88. The third-order valence-corrected chi connectivity index (χ3v) is 4.48. The molecular weight excluding hydrogens is 220 g/mol. The van der Waals surface area contributed by atoms with Gasteiger partial charge >= 0.3 is 0 Å². The van der Waals surface area contributed by atoms with Crippen LogP contribution in [0.25, 0.3) is 0 Å². The first-order valence-corrected chi connectivity index (χ1v) is 6.32. The molecule has 1 aromatic carbocycles. The Kier molecular flexibility index (Phi) is 3.27. The zero-order valence-electron chi connectivity index (χ0n) is 10.2. The Morgan fingerprint density at radius 3 is 2.69 bits per heavy atom. The van der Waals surface area contributed by atoms with Gasteiger partial charge in [-0.3, -0.25) is 0 Å². The number of rotatable bonds is 3. The minimum Gasteiger partial charge on any atom is -0.372 e. The molecule has 1 aliphatic heterocycles. The van der Waals surface area contributed by atoms with Crippen LogP contribution in [0, 0.1) is 5.41 Å². The molecule has 0 N–H and O–H groups in total. The van der Waals surface area contributed by atoms with E-state index in [2.05, 4.69) is 39.0 Å². The maximum Gasteiger partial charge on any atom is 0.0725 e. The molecule has 1 atom stereocenters. The van der Waals surface area contributed by atoms with E-state index < -0.39 is 0 Å². The highest BCUT2D eigenvalue weighted by atomic mass is 35.5. The highest BCUT2D eigenvalue weighted by molar-refractivity contribution is 6.21. The van der Waals surface area contributed by atoms with Gasteiger partial charge in [-0.2, -0.15) is 0 Å². The lowest BCUT2D eigenvalue weighted by Gasteiger charge is -2.29. The molecule has 1 aromatic rings. The molecule has 1 heterocycles. The first-order chi connectivity index (χ1) is 7.54. The molecule has 0 bridgehead atoms. The van der Waals surface area contributed by atoms with Crippen molar-refractivity contribution in [1.82, 2.24) is 0 Å². The van der Waals surface area contributed by atoms with Crippen molar-refractivity contribution >= 4 is 11.6 Å². The molecule has 0 saturated heterocycles. The predicted octanol–water partition coefficient (Wildman–Crippen LogP) is 4.43. The fourth-order valence-electron chi connectivity index (χ4n) is 1.98. The monoisotopic (exact) mass is 238 g/mol. The van der Waals surface area contributed by atoms with E-state index in [1.54, 1.807) is 0 Å². The maximum absolute atomic E-state index is 6.56. The van der Waals surface area contributed by atoms with Gasteiger partial charge in [0.2, 0.25) is 0 Å². The third kappa shape index (κ3) is 2.11. The number of benzene rings is 1. The maximum atomic E-state index is 6.56. The largest absolute Gasteiger partial charge is 0.372 e. The number of alkyl halides is 1. The number of fused-ring (bicyclic) bond motifs is 1. The average Bonchev–Trinajstić information content (AvgIpc) is 2.74. The van der Waals surface area contributed by atoms with Gasteiger partial charge in [0.05, 0.1) is 18.6 Å². The Balaban J connectivity index is 2.28. The second-order valence-corrected chi connectivity index (χ2v) is 5.66. The topological polar surface area (TPSA) is 9.23 Å². The molecule has 0 spiro atoms. The normalized spacial score (nSPS) is 17.2. The van der Waals surface area contributed by atoms with Gasteiger partial charge < -0.3 is 4.74 Å². The van der Waals surface area contributed by atoms with Crippen molar-refractivity contribution in [2.75, 3.05) is 0 Å². The number of hydrogen-bond acceptors (Lipinski definition) is 1. The quantitative estimate of drug-likeness (QED) is 0.708. The van der Waals surface area contributed by atoms with E-state index in [9.17, 15) is 0 Å². The number of halogens is 1. The van der Waals surface area contributed by atoms with Crippen LogP contribution in [0.1, 0.15) is 49.3 Å². The second-order valence-electron chi connectivity index (χ2n) is 5.23. The zero-order valence-corrected chi connectivity index (χ0v) is 11.0. The zero-order chi connectivity index (χ0) is 11.8. The molecule has 2 rings (SSSR count). The average molecular weight is 239 g/mol. The molecule has 0 radical (unpaired) electrons. The lowest BCUT2D eigenvalue weighted by atomic mass is 9.82. The van der Waals surface area contributed by atoms with Crippen LogP contribution < -0.4 is 0 Å². The van der Waals surface area contributed by atoms with Gasteiger partial charge in [-0.25, -0.2) is 0 Å². The van der Waals surface area contributed by atoms with Crippen LogP contribution in [-0.2, 0) is 18.0 Å². The van der Waals surface area contributed by atoms with Crippen molar-refractivity contribution in [3.8, 4) is 0 Å². The molecule has 0 saturated carbocycles. The van der Waals surface area contributed by atoms with Gasteiger partial charge in [-0.15, -0.1) is 11.6 Å². The molecule has 2 heteroatoms. The highest BCUT2D eigenvalue weighted by Gasteiger charge is 2.28. The SMILES string of the molecule is CCC(C)(C)C(Cl)c1ccc2c(c1)COC2. The van der Waals surface area contributed by atoms with Gasteiger partial charge in [-0.05, 0) is 28.5 Å². The Labute approximate surface area is 103 Å². The van der Waals surface area contributed by atoms with Gasteiger partial charge in [0.1, 0.15) is 0 Å². The summed E-state index contributed by atoms with van der Waals surface area (Å²) in [5.74, 6) is 0. The molecule has 16 heavy (non-hydrogen) atoms. The van der Waals surface area contributed by atoms with E-state index in [1.807, 2.05) is 0 Å². The lowest BCUT2D eigenvalue weighted by Crippen LogP contribution is -2.17. The van der Waals surface area contributed by atoms with Crippen molar-refractivity contribution in [3.05, 3.63) is 34.9 Å². The predicted molar refractivity (Wildman–Crippen MR) is 67.6 cm³/mol. The van der Waals surface area contributed by atoms with E-state index >= 15 is 0 Å². The molecule has 88 valence electrons. The van der Waals surface area contributed by atoms with Crippen molar-refractivity contribution in [3.63, 3.8) is 0 Å². The van der Waals surface area contributed by atoms with Crippen LogP contribution in [0.3, 0.4) is 0 Å². The summed E-state index contributed by atoms with van der Waals surface area (Å²) in [6.07, 6.45) is 1.08. The molecule has 0 amide bonds. The molecule has 0 aliphatic carbocycles. The van der Waals surface area contributed by atoms with Crippen molar-refractivity contribution < 1.29 is 4.74 Å². The van der Waals surface area contributed by atoms with Crippen LogP contribution in [0.15, 0.2) is 18.2 Å². The van der Waals surface area contributed by atoms with Crippen molar-refractivity contribution in [2.45, 2.75) is 45.8 Å². The van der Waals surface area contributed by atoms with Gasteiger partial charge in [0, 0.05) is 0 Å². The van der Waals surface area contributed by atoms with Gasteiger partial charge in [0.15, 0.2) is 0 Å². The smallest absolute Gasteiger partial charge is 0.0725 e. The lowest BCUT2D eigenvalue weighted by molar-refractivity contribution is 0.134. The summed E-state index contributed by atoms with van der Waals surface area (Å²) in [4.78, 5) is 0. The van der Waals surface area contributed by atoms with Crippen LogP contribution in [0.5, 0.6) is 0 Å². The molecular formula is C14H19ClO. The summed E-state index contributed by atoms with van der Waals surface area (Å²) >= 11 is 6.56. The van der Waals surface area contributed by atoms with E-state index in [-0.39, 0.29) is 10.8 Å². The van der Waals surface area contributed by atoms with Gasteiger partial charge in [0.25, 0.3) is 0 Å². The van der Waals surface area contributed by atoms with Crippen LogP contribution in [0.2, 0.25) is 0 Å². The highest BCUT2D eigenvalue weighted by Crippen LogP contribution is 2.42. The summed E-state index contributed by atoms with van der Waals surface area (Å²) in [5.41, 5.74) is 3.96. The minimum absolute atomic E-state index is 0.0726. The van der Waals surface area contributed by atoms with Crippen LogP contribution in [-0.4, -0.2) is 0 Å². The van der Waals surface area contributed by atoms with Gasteiger partial charge in [-0.1, -0.05) is 39.0 Å². The molecule has 0 fully saturated rings. The van der Waals surface area contributed by atoms with E-state index in [0.717, 1.165) is 19.6 Å². The van der Waals surface area contributed by atoms with Crippen LogP contribution in [0.4, 0.5) is 0 Å². The van der Waals surface area contributed by atoms with E-state index in [0.29, 0.717) is 0 Å². The molecule has 1 aliphatic rings. The molecule has 1 nitrogen and oxygen atoms in total. The molecule has 0 aromatic heterocycles. The third-order valence-electron chi connectivity index (χ3n) is 3.64. The summed E-state index contributed by atoms with van der Waals surface area (Å²) in [7, 11) is 0. The standard InChI is InChI=1S/C14H19ClO/c1-4-14(2,3)13(15)10-5-6-11-8-16-9-12(11)7-10/h5-7,13H,4,8-9H2,1-3H3. The summed E-state index contributed by atoms with van der Waals surface area (Å²) < 4.78 is 5.42. The fourth-order valence-corrected chi connectivity index (χ4v) is 2.27. The minimum atomic E-state index is 0.0726. The summed E-state index contributed by atoms with van der Waals surface area (Å²) in [6.45, 7) is 8.10. The Bertz CT molecular complexity index is 384. The number of hydrogen-bond donors (Lipinski definition) is 0. The summed E-state index contributed by atoms with van der Waals surface area (Å²) in [5, 5.41) is 0.0726. The fraction of sp³-hybridized carbons (Fsp3) is 0.571. The Morgan fingerprint density at radius 1 is 1.31 bits per heavy atom. The molecule has 1 unspecified atom stereocenters. The first kappa shape index (κ1) is 11.9.